The van der Waals surface area contributed by atoms with Gasteiger partial charge < -0.3 is 29.0 Å². The van der Waals surface area contributed by atoms with Gasteiger partial charge in [-0.1, -0.05) is 121 Å². The molecule has 1 amide bonds. The van der Waals surface area contributed by atoms with Crippen LogP contribution in [0.2, 0.25) is 1.41 Å². The molecule has 0 bridgehead atoms. The van der Waals surface area contributed by atoms with Gasteiger partial charge in [-0.25, -0.2) is 0 Å². The largest absolute Gasteiger partial charge is 0.374 e. The zero-order valence-electron chi connectivity index (χ0n) is 25.2. The summed E-state index contributed by atoms with van der Waals surface area (Å²) in [5.74, 6) is 0. The van der Waals surface area contributed by atoms with Gasteiger partial charge in [0.25, 0.3) is 0 Å². The second-order valence-electron chi connectivity index (χ2n) is 10.5. The Labute approximate surface area is 255 Å². The summed E-state index contributed by atoms with van der Waals surface area (Å²) < 4.78 is 40.7. The molecule has 1 N–H and O–H groups in total. The Morgan fingerprint density at radius 1 is 0.581 bits per heavy atom. The fraction of sp³-hybridized carbons (Fsp3) is 0.306. The van der Waals surface area contributed by atoms with Gasteiger partial charge in [0.05, 0.1) is 33.0 Å². The average molecular weight is 583 g/mol. The Morgan fingerprint density at radius 3 is 1.42 bits per heavy atom. The van der Waals surface area contributed by atoms with Crippen molar-refractivity contribution in [1.29, 1.82) is 0 Å². The molecule has 4 aromatic carbocycles. The van der Waals surface area contributed by atoms with Crippen molar-refractivity contribution in [2.45, 2.75) is 56.9 Å². The van der Waals surface area contributed by atoms with Crippen molar-refractivity contribution in [3.8, 4) is 0 Å². The number of carbonyl (C=O) groups excluding carboxylic acids is 1. The second kappa shape index (κ2) is 16.7. The van der Waals surface area contributed by atoms with E-state index in [0.29, 0.717) is 32.8 Å². The lowest BCUT2D eigenvalue weighted by atomic mass is 9.93. The topological polar surface area (TPSA) is 75.3 Å². The van der Waals surface area contributed by atoms with Crippen molar-refractivity contribution in [3.63, 3.8) is 0 Å². The Bertz CT molecular complexity index is 1360. The number of hydrogen-bond donors (Lipinski definition) is 1. The van der Waals surface area contributed by atoms with Crippen LogP contribution in [0, 0.1) is 0 Å². The van der Waals surface area contributed by atoms with E-state index < -0.39 is 30.5 Å². The van der Waals surface area contributed by atoms with Crippen molar-refractivity contribution < 1.29 is 29.9 Å². The molecule has 1 aliphatic heterocycles. The average Bonchev–Trinajstić information content (AvgIpc) is 3.08. The van der Waals surface area contributed by atoms with E-state index in [1.807, 2.05) is 121 Å². The molecule has 0 aromatic heterocycles. The number of nitrogens with one attached hydrogen (secondary N) is 1. The van der Waals surface area contributed by atoms with E-state index in [2.05, 4.69) is 0 Å². The van der Waals surface area contributed by atoms with E-state index in [9.17, 15) is 4.79 Å². The van der Waals surface area contributed by atoms with Gasteiger partial charge in [0.15, 0.2) is 1.41 Å². The highest BCUT2D eigenvalue weighted by molar-refractivity contribution is 5.45. The van der Waals surface area contributed by atoms with Gasteiger partial charge in [-0.15, -0.1) is 0 Å². The smallest absolute Gasteiger partial charge is 0.207 e. The Morgan fingerprint density at radius 2 is 0.977 bits per heavy atom. The predicted octanol–water partition coefficient (Wildman–Crippen LogP) is 5.47. The van der Waals surface area contributed by atoms with Crippen molar-refractivity contribution in [1.82, 2.24) is 5.31 Å². The SMILES string of the molecule is [2H]N(C=O)C[C@@H]1O[C@H](COCc2ccccc2)[C@@H](OCc2ccccc2)[C@H](OCc2ccccc2)[C@H]1OCc1ccccc1. The third kappa shape index (κ3) is 9.32. The Hall–Kier alpha value is -3.85. The molecule has 0 aliphatic carbocycles. The van der Waals surface area contributed by atoms with E-state index in [0.717, 1.165) is 27.6 Å². The number of amides is 1. The molecule has 0 spiro atoms. The van der Waals surface area contributed by atoms with Gasteiger partial charge in [0.2, 0.25) is 6.41 Å². The van der Waals surface area contributed by atoms with Gasteiger partial charge in [0.1, 0.15) is 30.5 Å². The highest BCUT2D eigenvalue weighted by Gasteiger charge is 2.48. The van der Waals surface area contributed by atoms with E-state index in [1.165, 1.54) is 0 Å². The standard InChI is InChI=1S/C36H39NO6/c38-27-37-21-32-34(40-23-29-15-7-2-8-16-29)36(42-25-31-19-11-4-12-20-31)35(41-24-30-17-9-3-10-18-30)33(43-32)26-39-22-28-13-5-1-6-14-28/h1-20,27,32-36H,21-26H2,(H,37,38)/t32-,33+,34-,35+,36+/m0/s1/i/hD. The number of carbonyl (C=O) groups is 1. The van der Waals surface area contributed by atoms with Crippen LogP contribution in [0.4, 0.5) is 0 Å². The number of rotatable bonds is 16. The Balaban J connectivity index is 1.43. The summed E-state index contributed by atoms with van der Waals surface area (Å²) in [6.07, 6.45) is -2.54. The van der Waals surface area contributed by atoms with Crippen molar-refractivity contribution in [2.75, 3.05) is 13.2 Å². The summed E-state index contributed by atoms with van der Waals surface area (Å²) in [6.45, 7) is 1.58. The maximum atomic E-state index is 11.6. The van der Waals surface area contributed by atoms with Gasteiger partial charge in [-0.2, -0.15) is 0 Å². The second-order valence-corrected chi connectivity index (χ2v) is 10.5. The molecule has 5 rings (SSSR count). The van der Waals surface area contributed by atoms with Gasteiger partial charge in [0, 0.05) is 6.54 Å². The molecule has 7 heteroatoms. The molecule has 1 fully saturated rings. The maximum absolute atomic E-state index is 11.6. The van der Waals surface area contributed by atoms with Gasteiger partial charge in [-0.05, 0) is 22.3 Å². The molecule has 1 heterocycles. The highest BCUT2D eigenvalue weighted by Crippen LogP contribution is 2.31. The molecule has 1 aliphatic rings. The predicted molar refractivity (Wildman–Crippen MR) is 164 cm³/mol. The van der Waals surface area contributed by atoms with Crippen LogP contribution in [0.25, 0.3) is 0 Å². The Kier molecular flexibility index (Phi) is 11.4. The van der Waals surface area contributed by atoms with Crippen molar-refractivity contribution in [2.24, 2.45) is 0 Å². The van der Waals surface area contributed by atoms with Crippen LogP contribution in [0.3, 0.4) is 0 Å². The van der Waals surface area contributed by atoms with Crippen LogP contribution in [0.5, 0.6) is 0 Å². The first-order valence-electron chi connectivity index (χ1n) is 15.1. The van der Waals surface area contributed by atoms with Gasteiger partial charge in [-0.3, -0.25) is 4.79 Å². The van der Waals surface area contributed by atoms with E-state index >= 15 is 0 Å². The fourth-order valence-electron chi connectivity index (χ4n) is 5.18. The minimum atomic E-state index is -0.663. The van der Waals surface area contributed by atoms with Crippen LogP contribution in [0.15, 0.2) is 121 Å². The summed E-state index contributed by atoms with van der Waals surface area (Å²) in [4.78, 5) is 11.6. The van der Waals surface area contributed by atoms with Gasteiger partial charge >= 0.3 is 0 Å². The molecule has 43 heavy (non-hydrogen) atoms. The quantitative estimate of drug-likeness (QED) is 0.177. The fourth-order valence-corrected chi connectivity index (χ4v) is 5.18. The molecule has 0 radical (unpaired) electrons. The van der Waals surface area contributed by atoms with Crippen LogP contribution in [-0.4, -0.2) is 50.1 Å². The monoisotopic (exact) mass is 582 g/mol. The molecule has 7 nitrogen and oxygen atoms in total. The molecule has 1 saturated heterocycles. The molecular weight excluding hydrogens is 542 g/mol. The minimum Gasteiger partial charge on any atom is -0.374 e. The highest BCUT2D eigenvalue weighted by atomic mass is 16.6. The first kappa shape index (κ1) is 29.2. The first-order valence-corrected chi connectivity index (χ1v) is 14.6. The molecular formula is C36H39NO6. The number of hydrogen-bond acceptors (Lipinski definition) is 6. The normalized spacial score (nSPS) is 22.0. The van der Waals surface area contributed by atoms with Crippen LogP contribution in [0.1, 0.15) is 22.3 Å². The zero-order chi connectivity index (χ0) is 30.4. The summed E-state index contributed by atoms with van der Waals surface area (Å²) in [5, 5.41) is 0.824. The van der Waals surface area contributed by atoms with Crippen molar-refractivity contribution in [3.05, 3.63) is 144 Å². The first-order chi connectivity index (χ1) is 21.7. The van der Waals surface area contributed by atoms with E-state index in [4.69, 9.17) is 25.1 Å². The van der Waals surface area contributed by atoms with Crippen LogP contribution < -0.4 is 5.31 Å². The third-order valence-corrected chi connectivity index (χ3v) is 7.34. The lowest BCUT2D eigenvalue weighted by molar-refractivity contribution is -0.271. The van der Waals surface area contributed by atoms with Crippen molar-refractivity contribution >= 4 is 6.41 Å². The molecule has 0 unspecified atom stereocenters. The maximum Gasteiger partial charge on any atom is 0.207 e. The molecule has 5 atom stereocenters. The minimum absolute atomic E-state index is 0.00521. The van der Waals surface area contributed by atoms with E-state index in [1.54, 1.807) is 0 Å². The van der Waals surface area contributed by atoms with Crippen LogP contribution in [-0.2, 0) is 54.9 Å². The summed E-state index contributed by atoms with van der Waals surface area (Å²) in [7, 11) is 0. The lowest BCUT2D eigenvalue weighted by Gasteiger charge is -2.46. The molecule has 0 saturated carbocycles. The summed E-state index contributed by atoms with van der Waals surface area (Å²) in [6, 6.07) is 39.7. The summed E-state index contributed by atoms with van der Waals surface area (Å²) >= 11 is 0. The number of ether oxygens (including phenoxy) is 5. The lowest BCUT2D eigenvalue weighted by Crippen LogP contribution is -2.63. The molecule has 4 aromatic rings. The zero-order valence-corrected chi connectivity index (χ0v) is 24.2. The molecule has 224 valence electrons. The summed E-state index contributed by atoms with van der Waals surface area (Å²) in [5.41, 5.74) is 4.05. The van der Waals surface area contributed by atoms with Crippen LogP contribution >= 0.6 is 0 Å². The third-order valence-electron chi connectivity index (χ3n) is 7.34. The number of benzene rings is 4. The van der Waals surface area contributed by atoms with E-state index in [-0.39, 0.29) is 13.2 Å².